The van der Waals surface area contributed by atoms with Gasteiger partial charge in [-0.15, -0.1) is 5.10 Å². The van der Waals surface area contributed by atoms with Crippen molar-refractivity contribution in [3.63, 3.8) is 0 Å². The van der Waals surface area contributed by atoms with Crippen molar-refractivity contribution in [2.24, 2.45) is 10.8 Å². The molecule has 0 aliphatic rings. The molecule has 0 radical (unpaired) electrons. The first-order valence-electron chi connectivity index (χ1n) is 4.69. The minimum absolute atomic E-state index is 0.00303. The summed E-state index contributed by atoms with van der Waals surface area (Å²) in [5, 5.41) is 14.9. The van der Waals surface area contributed by atoms with E-state index >= 15 is 0 Å². The molecule has 0 bridgehead atoms. The van der Waals surface area contributed by atoms with Gasteiger partial charge in [-0.3, -0.25) is 4.79 Å². The Morgan fingerprint density at radius 1 is 1.29 bits per heavy atom. The summed E-state index contributed by atoms with van der Waals surface area (Å²) in [6, 6.07) is 5.94. The maximum atomic E-state index is 10.6. The quantitative estimate of drug-likeness (QED) is 0.339. The second-order valence-corrected chi connectivity index (χ2v) is 3.17. The Morgan fingerprint density at radius 3 is 2.35 bits per heavy atom. The van der Waals surface area contributed by atoms with Crippen LogP contribution in [-0.2, 0) is 4.79 Å². The molecule has 1 aromatic carbocycles. The van der Waals surface area contributed by atoms with Crippen LogP contribution in [0.25, 0.3) is 0 Å². The van der Waals surface area contributed by atoms with Crippen molar-refractivity contribution in [3.8, 4) is 0 Å². The molecule has 1 amide bonds. The molecule has 7 nitrogen and oxygen atoms in total. The summed E-state index contributed by atoms with van der Waals surface area (Å²) in [4.78, 5) is 21.1. The Bertz CT molecular complexity index is 453. The molecule has 17 heavy (non-hydrogen) atoms. The number of carbonyl (C=O) groups excluding carboxylic acids is 1. The Hall–Kier alpha value is -2.57. The van der Waals surface area contributed by atoms with Crippen LogP contribution in [0.15, 0.2) is 29.4 Å². The van der Waals surface area contributed by atoms with Gasteiger partial charge >= 0.3 is 5.97 Å². The van der Waals surface area contributed by atoms with E-state index in [1.54, 1.807) is 12.1 Å². The van der Waals surface area contributed by atoms with Gasteiger partial charge in [-0.1, -0.05) is 0 Å². The molecule has 0 aliphatic carbocycles. The van der Waals surface area contributed by atoms with Gasteiger partial charge in [-0.05, 0) is 24.3 Å². The molecule has 90 valence electrons. The average molecular weight is 236 g/mol. The summed E-state index contributed by atoms with van der Waals surface area (Å²) < 4.78 is 0. The van der Waals surface area contributed by atoms with E-state index in [0.717, 1.165) is 0 Å². The summed E-state index contributed by atoms with van der Waals surface area (Å²) in [5.74, 6) is -1.34. The first kappa shape index (κ1) is 12.5. The third-order valence-corrected chi connectivity index (χ3v) is 1.74. The third kappa shape index (κ3) is 4.20. The van der Waals surface area contributed by atoms with Crippen molar-refractivity contribution in [3.05, 3.63) is 29.8 Å². The Morgan fingerprint density at radius 2 is 1.88 bits per heavy atom. The zero-order chi connectivity index (χ0) is 12.8. The topological polar surface area (TPSA) is 117 Å². The van der Waals surface area contributed by atoms with Crippen LogP contribution in [0.2, 0.25) is 0 Å². The number of guanidine groups is 1. The monoisotopic (exact) mass is 236 g/mol. The van der Waals surface area contributed by atoms with Gasteiger partial charge in [-0.25, -0.2) is 10.2 Å². The fourth-order valence-electron chi connectivity index (χ4n) is 1.01. The molecule has 0 saturated heterocycles. The van der Waals surface area contributed by atoms with Crippen LogP contribution >= 0.6 is 0 Å². The minimum atomic E-state index is -1.00. The Kier molecular flexibility index (Phi) is 4.04. The second-order valence-electron chi connectivity index (χ2n) is 3.17. The highest BCUT2D eigenvalue weighted by molar-refractivity contribution is 5.94. The van der Waals surface area contributed by atoms with Crippen LogP contribution in [0.3, 0.4) is 0 Å². The van der Waals surface area contributed by atoms with Crippen molar-refractivity contribution < 1.29 is 14.7 Å². The number of carboxylic acids is 1. The number of benzene rings is 1. The number of amides is 1. The van der Waals surface area contributed by atoms with Crippen molar-refractivity contribution in [1.82, 2.24) is 5.43 Å². The SMILES string of the molecule is CC(=O)NN=C(N)Nc1ccc(C(=O)O)cc1. The number of nitrogens with two attached hydrogens (primary N) is 1. The van der Waals surface area contributed by atoms with Crippen molar-refractivity contribution in [2.75, 3.05) is 5.32 Å². The molecular formula is C10H12N4O3. The lowest BCUT2D eigenvalue weighted by Crippen LogP contribution is -2.27. The lowest BCUT2D eigenvalue weighted by molar-refractivity contribution is -0.118. The van der Waals surface area contributed by atoms with Crippen LogP contribution in [0.4, 0.5) is 5.69 Å². The number of nitrogens with zero attached hydrogens (tertiary/aromatic N) is 1. The number of nitrogens with one attached hydrogen (secondary N) is 2. The highest BCUT2D eigenvalue weighted by Crippen LogP contribution is 2.08. The summed E-state index contributed by atoms with van der Waals surface area (Å²) in [6.07, 6.45) is 0. The molecule has 1 rings (SSSR count). The smallest absolute Gasteiger partial charge is 0.335 e. The van der Waals surface area contributed by atoms with Gasteiger partial charge in [0, 0.05) is 12.6 Å². The Labute approximate surface area is 97.3 Å². The summed E-state index contributed by atoms with van der Waals surface area (Å²) >= 11 is 0. The second kappa shape index (κ2) is 5.50. The normalized spacial score (nSPS) is 10.8. The number of hydrazone groups is 1. The number of hydrogen-bond donors (Lipinski definition) is 4. The Balaban J connectivity index is 2.66. The van der Waals surface area contributed by atoms with Crippen LogP contribution < -0.4 is 16.5 Å². The highest BCUT2D eigenvalue weighted by Gasteiger charge is 2.02. The molecule has 7 heteroatoms. The number of hydrogen-bond acceptors (Lipinski definition) is 3. The number of anilines is 1. The minimum Gasteiger partial charge on any atom is -0.478 e. The molecule has 5 N–H and O–H groups in total. The molecule has 0 heterocycles. The summed E-state index contributed by atoms with van der Waals surface area (Å²) in [5.41, 5.74) is 8.37. The van der Waals surface area contributed by atoms with E-state index in [4.69, 9.17) is 10.8 Å². The maximum absolute atomic E-state index is 10.6. The average Bonchev–Trinajstić information content (AvgIpc) is 2.27. The fraction of sp³-hybridized carbons (Fsp3) is 0.100. The van der Waals surface area contributed by atoms with Gasteiger partial charge in [0.25, 0.3) is 0 Å². The lowest BCUT2D eigenvalue weighted by atomic mass is 10.2. The van der Waals surface area contributed by atoms with Gasteiger partial charge < -0.3 is 16.2 Å². The molecule has 0 aromatic heterocycles. The maximum Gasteiger partial charge on any atom is 0.335 e. The number of rotatable bonds is 3. The third-order valence-electron chi connectivity index (χ3n) is 1.74. The fourth-order valence-corrected chi connectivity index (χ4v) is 1.01. The number of aromatic carboxylic acids is 1. The van der Waals surface area contributed by atoms with Crippen molar-refractivity contribution >= 4 is 23.5 Å². The van der Waals surface area contributed by atoms with E-state index in [1.165, 1.54) is 19.1 Å². The number of carboxylic acid groups (broad SMARTS) is 1. The van der Waals surface area contributed by atoms with Gasteiger partial charge in [0.2, 0.25) is 11.9 Å². The first-order chi connectivity index (χ1) is 7.99. The highest BCUT2D eigenvalue weighted by atomic mass is 16.4. The van der Waals surface area contributed by atoms with Crippen molar-refractivity contribution in [2.45, 2.75) is 6.92 Å². The number of carbonyl (C=O) groups is 2. The van der Waals surface area contributed by atoms with Gasteiger partial charge in [0.05, 0.1) is 5.56 Å². The van der Waals surface area contributed by atoms with Gasteiger partial charge in [0.15, 0.2) is 0 Å². The molecule has 0 spiro atoms. The molecule has 0 atom stereocenters. The van der Waals surface area contributed by atoms with Crippen LogP contribution in [-0.4, -0.2) is 22.9 Å². The van der Waals surface area contributed by atoms with E-state index in [2.05, 4.69) is 15.8 Å². The van der Waals surface area contributed by atoms with E-state index in [0.29, 0.717) is 5.69 Å². The molecule has 0 aliphatic heterocycles. The van der Waals surface area contributed by atoms with Gasteiger partial charge in [-0.2, -0.15) is 0 Å². The summed E-state index contributed by atoms with van der Waals surface area (Å²) in [6.45, 7) is 1.30. The lowest BCUT2D eigenvalue weighted by Gasteiger charge is -2.05. The predicted molar refractivity (Wildman–Crippen MR) is 62.5 cm³/mol. The van der Waals surface area contributed by atoms with E-state index in [9.17, 15) is 9.59 Å². The van der Waals surface area contributed by atoms with Crippen LogP contribution in [0, 0.1) is 0 Å². The van der Waals surface area contributed by atoms with E-state index in [1.807, 2.05) is 0 Å². The molecule has 0 unspecified atom stereocenters. The molecule has 0 saturated carbocycles. The van der Waals surface area contributed by atoms with E-state index in [-0.39, 0.29) is 17.4 Å². The van der Waals surface area contributed by atoms with Crippen molar-refractivity contribution in [1.29, 1.82) is 0 Å². The largest absolute Gasteiger partial charge is 0.478 e. The summed E-state index contributed by atoms with van der Waals surface area (Å²) in [7, 11) is 0. The van der Waals surface area contributed by atoms with Crippen LogP contribution in [0.5, 0.6) is 0 Å². The zero-order valence-corrected chi connectivity index (χ0v) is 9.10. The predicted octanol–water partition coefficient (Wildman–Crippen LogP) is 0.162. The van der Waals surface area contributed by atoms with Gasteiger partial charge in [0.1, 0.15) is 0 Å². The van der Waals surface area contributed by atoms with E-state index < -0.39 is 5.97 Å². The van der Waals surface area contributed by atoms with Crippen LogP contribution in [0.1, 0.15) is 17.3 Å². The standard InChI is InChI=1S/C10H12N4O3/c1-6(15)13-14-10(11)12-8-4-2-7(3-5-8)9(16)17/h2-5H,1H3,(H,13,15)(H,16,17)(H3,11,12,14). The molecular weight excluding hydrogens is 224 g/mol. The molecule has 0 fully saturated rings. The molecule has 1 aromatic rings. The first-order valence-corrected chi connectivity index (χ1v) is 4.69. The zero-order valence-electron chi connectivity index (χ0n) is 9.10.